The lowest BCUT2D eigenvalue weighted by molar-refractivity contribution is -0.146. The number of para-hydroxylation sites is 1. The number of nitrogens with one attached hydrogen (secondary N) is 1. The summed E-state index contributed by atoms with van der Waals surface area (Å²) in [6.07, 6.45) is 5.72. The van der Waals surface area contributed by atoms with Crippen molar-refractivity contribution in [3.05, 3.63) is 42.1 Å². The molecule has 3 rings (SSSR count). The van der Waals surface area contributed by atoms with Crippen molar-refractivity contribution in [2.45, 2.75) is 38.3 Å². The first-order chi connectivity index (χ1) is 10.8. The summed E-state index contributed by atoms with van der Waals surface area (Å²) < 4.78 is 4.83. The van der Waals surface area contributed by atoms with Gasteiger partial charge in [-0.05, 0) is 37.3 Å². The van der Waals surface area contributed by atoms with Crippen LogP contribution in [0.4, 0.5) is 0 Å². The van der Waals surface area contributed by atoms with E-state index >= 15 is 0 Å². The Hall–Kier alpha value is -1.94. The van der Waals surface area contributed by atoms with E-state index in [4.69, 9.17) is 4.74 Å². The van der Waals surface area contributed by atoms with Crippen molar-refractivity contribution < 1.29 is 9.53 Å². The minimum Gasteiger partial charge on any atom is -0.469 e. The third-order valence-electron chi connectivity index (χ3n) is 4.56. The van der Waals surface area contributed by atoms with Crippen molar-refractivity contribution in [3.8, 4) is 0 Å². The molecule has 1 saturated carbocycles. The highest BCUT2D eigenvalue weighted by molar-refractivity contribution is 5.81. The summed E-state index contributed by atoms with van der Waals surface area (Å²) in [6.45, 7) is 0.821. The number of nitrogens with zero attached hydrogens (tertiary/aromatic N) is 1. The topological polar surface area (TPSA) is 51.2 Å². The summed E-state index contributed by atoms with van der Waals surface area (Å²) in [5, 5.41) is 4.79. The van der Waals surface area contributed by atoms with E-state index in [0.29, 0.717) is 6.04 Å². The van der Waals surface area contributed by atoms with Gasteiger partial charge in [0.15, 0.2) is 0 Å². The predicted molar refractivity (Wildman–Crippen MR) is 86.3 cm³/mol. The normalized spacial score (nSPS) is 21.7. The van der Waals surface area contributed by atoms with E-state index in [1.54, 1.807) is 0 Å². The molecule has 22 heavy (non-hydrogen) atoms. The monoisotopic (exact) mass is 298 g/mol. The molecule has 2 aromatic rings. The van der Waals surface area contributed by atoms with Gasteiger partial charge >= 0.3 is 5.97 Å². The number of carbonyl (C=O) groups is 1. The Bertz CT molecular complexity index is 643. The van der Waals surface area contributed by atoms with Crippen LogP contribution in [0.2, 0.25) is 0 Å². The number of methoxy groups -OCH3 is 1. The quantitative estimate of drug-likeness (QED) is 0.881. The number of rotatable bonds is 4. The first-order valence-electron chi connectivity index (χ1n) is 7.92. The zero-order valence-corrected chi connectivity index (χ0v) is 12.9. The minimum absolute atomic E-state index is 0.0586. The van der Waals surface area contributed by atoms with Gasteiger partial charge in [0.2, 0.25) is 0 Å². The van der Waals surface area contributed by atoms with Crippen LogP contribution in [-0.2, 0) is 16.1 Å². The summed E-state index contributed by atoms with van der Waals surface area (Å²) in [5.41, 5.74) is 2.30. The molecule has 0 spiro atoms. The molecule has 1 aromatic heterocycles. The van der Waals surface area contributed by atoms with Crippen LogP contribution in [0.5, 0.6) is 0 Å². The molecule has 1 aromatic carbocycles. The number of fused-ring (bicyclic) bond motifs is 1. The average molecular weight is 298 g/mol. The Morgan fingerprint density at radius 1 is 1.23 bits per heavy atom. The van der Waals surface area contributed by atoms with Gasteiger partial charge in [-0.3, -0.25) is 9.78 Å². The average Bonchev–Trinajstić information content (AvgIpc) is 2.59. The van der Waals surface area contributed by atoms with Crippen LogP contribution in [0.1, 0.15) is 31.2 Å². The molecule has 0 bridgehead atoms. The van der Waals surface area contributed by atoms with Gasteiger partial charge in [-0.15, -0.1) is 0 Å². The van der Waals surface area contributed by atoms with Crippen LogP contribution in [-0.4, -0.2) is 24.1 Å². The summed E-state index contributed by atoms with van der Waals surface area (Å²) in [6, 6.07) is 10.8. The van der Waals surface area contributed by atoms with E-state index in [-0.39, 0.29) is 11.9 Å². The fraction of sp³-hybridized carbons (Fsp3) is 0.444. The number of benzene rings is 1. The molecule has 4 heteroatoms. The molecule has 1 aliphatic carbocycles. The maximum Gasteiger partial charge on any atom is 0.308 e. The third kappa shape index (κ3) is 3.28. The van der Waals surface area contributed by atoms with Gasteiger partial charge in [-0.2, -0.15) is 0 Å². The molecule has 1 aliphatic rings. The Morgan fingerprint density at radius 2 is 2.00 bits per heavy atom. The number of hydrogen-bond acceptors (Lipinski definition) is 4. The maximum absolute atomic E-state index is 11.5. The number of esters is 1. The third-order valence-corrected chi connectivity index (χ3v) is 4.56. The van der Waals surface area contributed by atoms with Crippen molar-refractivity contribution in [1.82, 2.24) is 10.3 Å². The molecule has 0 saturated heterocycles. The van der Waals surface area contributed by atoms with Crippen LogP contribution >= 0.6 is 0 Å². The molecule has 4 nitrogen and oxygen atoms in total. The van der Waals surface area contributed by atoms with Gasteiger partial charge in [0.05, 0.1) is 18.5 Å². The fourth-order valence-corrected chi connectivity index (χ4v) is 3.26. The zero-order valence-electron chi connectivity index (χ0n) is 12.9. The molecule has 116 valence electrons. The van der Waals surface area contributed by atoms with Crippen LogP contribution in [0, 0.1) is 5.92 Å². The SMILES string of the molecule is COC(=O)C1CCC(NCc2cccc3cccnc23)CC1. The Morgan fingerprint density at radius 3 is 2.77 bits per heavy atom. The molecule has 1 fully saturated rings. The van der Waals surface area contributed by atoms with Gasteiger partial charge in [0.25, 0.3) is 0 Å². The second kappa shape index (κ2) is 6.88. The minimum atomic E-state index is -0.0586. The van der Waals surface area contributed by atoms with Crippen molar-refractivity contribution in [2.24, 2.45) is 5.92 Å². The Balaban J connectivity index is 1.58. The summed E-state index contributed by atoms with van der Waals surface area (Å²) in [7, 11) is 1.47. The largest absolute Gasteiger partial charge is 0.469 e. The van der Waals surface area contributed by atoms with Crippen molar-refractivity contribution in [3.63, 3.8) is 0 Å². The lowest BCUT2D eigenvalue weighted by Crippen LogP contribution is -2.34. The molecule has 0 aliphatic heterocycles. The van der Waals surface area contributed by atoms with Crippen LogP contribution in [0.25, 0.3) is 10.9 Å². The maximum atomic E-state index is 11.5. The van der Waals surface area contributed by atoms with E-state index in [1.807, 2.05) is 12.3 Å². The van der Waals surface area contributed by atoms with Crippen molar-refractivity contribution in [1.29, 1.82) is 0 Å². The van der Waals surface area contributed by atoms with E-state index in [0.717, 1.165) is 37.7 Å². The lowest BCUT2D eigenvalue weighted by atomic mass is 9.86. The zero-order chi connectivity index (χ0) is 15.4. The van der Waals surface area contributed by atoms with Crippen LogP contribution < -0.4 is 5.32 Å². The standard InChI is InChI=1S/C18H22N2O2/c1-22-18(21)14-7-9-16(10-8-14)20-12-15-5-2-4-13-6-3-11-19-17(13)15/h2-6,11,14,16,20H,7-10,12H2,1H3. The van der Waals surface area contributed by atoms with Gasteiger partial charge in [-0.25, -0.2) is 0 Å². The van der Waals surface area contributed by atoms with E-state index in [9.17, 15) is 4.79 Å². The smallest absolute Gasteiger partial charge is 0.308 e. The summed E-state index contributed by atoms with van der Waals surface area (Å²) >= 11 is 0. The number of aromatic nitrogens is 1. The van der Waals surface area contributed by atoms with Crippen molar-refractivity contribution >= 4 is 16.9 Å². The van der Waals surface area contributed by atoms with Gasteiger partial charge in [-0.1, -0.05) is 24.3 Å². The number of hydrogen-bond donors (Lipinski definition) is 1. The molecule has 0 unspecified atom stereocenters. The predicted octanol–water partition coefficient (Wildman–Crippen LogP) is 3.06. The van der Waals surface area contributed by atoms with E-state index in [2.05, 4.69) is 34.6 Å². The number of carbonyl (C=O) groups excluding carboxylic acids is 1. The highest BCUT2D eigenvalue weighted by Gasteiger charge is 2.26. The van der Waals surface area contributed by atoms with Crippen LogP contribution in [0.15, 0.2) is 36.5 Å². The Kier molecular flexibility index (Phi) is 4.68. The lowest BCUT2D eigenvalue weighted by Gasteiger charge is -2.27. The molecule has 0 radical (unpaired) electrons. The van der Waals surface area contributed by atoms with E-state index in [1.165, 1.54) is 18.1 Å². The first-order valence-corrected chi connectivity index (χ1v) is 7.92. The first kappa shape index (κ1) is 15.0. The highest BCUT2D eigenvalue weighted by atomic mass is 16.5. The van der Waals surface area contributed by atoms with Gasteiger partial charge in [0.1, 0.15) is 0 Å². The molecule has 1 N–H and O–H groups in total. The van der Waals surface area contributed by atoms with Gasteiger partial charge in [0, 0.05) is 24.2 Å². The molecule has 1 heterocycles. The second-order valence-corrected chi connectivity index (χ2v) is 5.94. The summed E-state index contributed by atoms with van der Waals surface area (Å²) in [5.74, 6) is 0.0268. The van der Waals surface area contributed by atoms with E-state index < -0.39 is 0 Å². The number of ether oxygens (including phenoxy) is 1. The van der Waals surface area contributed by atoms with Gasteiger partial charge < -0.3 is 10.1 Å². The second-order valence-electron chi connectivity index (χ2n) is 5.94. The fourth-order valence-electron chi connectivity index (χ4n) is 3.26. The highest BCUT2D eigenvalue weighted by Crippen LogP contribution is 2.25. The molecule has 0 amide bonds. The number of pyridine rings is 1. The van der Waals surface area contributed by atoms with Crippen molar-refractivity contribution in [2.75, 3.05) is 7.11 Å². The molecular weight excluding hydrogens is 276 g/mol. The van der Waals surface area contributed by atoms with Crippen LogP contribution in [0.3, 0.4) is 0 Å². The Labute approximate surface area is 130 Å². The molecular formula is C18H22N2O2. The molecule has 0 atom stereocenters. The summed E-state index contributed by atoms with van der Waals surface area (Å²) in [4.78, 5) is 16.0.